The van der Waals surface area contributed by atoms with Crippen molar-refractivity contribution in [3.8, 4) is 0 Å². The van der Waals surface area contributed by atoms with E-state index in [1.807, 2.05) is 60.7 Å². The van der Waals surface area contributed by atoms with Crippen LogP contribution in [0.3, 0.4) is 0 Å². The highest BCUT2D eigenvalue weighted by Gasteiger charge is 2.22. The molecule has 0 amide bonds. The van der Waals surface area contributed by atoms with E-state index in [9.17, 15) is 19.2 Å². The average Bonchev–Trinajstić information content (AvgIpc) is 2.98. The van der Waals surface area contributed by atoms with Crippen molar-refractivity contribution in [1.82, 2.24) is 0 Å². The van der Waals surface area contributed by atoms with E-state index in [0.717, 1.165) is 21.5 Å². The average molecular weight is 571 g/mol. The molecule has 0 bridgehead atoms. The number of benzene rings is 4. The largest absolute Gasteiger partial charge is 0.425 e. The van der Waals surface area contributed by atoms with E-state index in [4.69, 9.17) is 18.9 Å². The van der Waals surface area contributed by atoms with Crippen molar-refractivity contribution in [2.45, 2.75) is 59.0 Å². The van der Waals surface area contributed by atoms with Crippen molar-refractivity contribution in [3.63, 3.8) is 0 Å². The Bertz CT molecular complexity index is 1570. The lowest BCUT2D eigenvalue weighted by Gasteiger charge is -2.18. The zero-order chi connectivity index (χ0) is 30.1. The topological polar surface area (TPSA) is 105 Å². The molecule has 42 heavy (non-hydrogen) atoms. The third-order valence-corrected chi connectivity index (χ3v) is 6.82. The van der Waals surface area contributed by atoms with Crippen LogP contribution in [0.5, 0.6) is 0 Å². The van der Waals surface area contributed by atoms with Crippen LogP contribution in [0, 0.1) is 5.92 Å². The Balaban J connectivity index is 1.14. The molecular formula is C34H34O8. The maximum Gasteiger partial charge on any atom is 0.341 e. The summed E-state index contributed by atoms with van der Waals surface area (Å²) < 4.78 is 21.2. The predicted molar refractivity (Wildman–Crippen MR) is 157 cm³/mol. The van der Waals surface area contributed by atoms with Crippen LogP contribution in [0.4, 0.5) is 0 Å². The predicted octanol–water partition coefficient (Wildman–Crippen LogP) is 6.98. The lowest BCUT2D eigenvalue weighted by molar-refractivity contribution is -0.170. The van der Waals surface area contributed by atoms with Crippen LogP contribution in [0.25, 0.3) is 21.5 Å². The number of carbonyl (C=O) groups is 4. The fourth-order valence-corrected chi connectivity index (χ4v) is 4.64. The van der Waals surface area contributed by atoms with Crippen molar-refractivity contribution < 1.29 is 38.1 Å². The standard InChI is InChI=1S/C34H34O8/c1-22(32(36)40-24(3)42-34(38)30-20-11-16-26-14-6-8-18-28(26)30)12-4-9-21-31(35)39-23(2)41-33(37)29-19-10-15-25-13-5-7-17-27(25)29/h5-8,10-11,13-20,22-24H,4,9,12,21H2,1-3H3. The maximum absolute atomic E-state index is 12.7. The molecule has 4 rings (SSSR count). The molecule has 3 atom stereocenters. The van der Waals surface area contributed by atoms with Crippen LogP contribution in [0.2, 0.25) is 0 Å². The Morgan fingerprint density at radius 2 is 1.05 bits per heavy atom. The first kappa shape index (κ1) is 30.2. The van der Waals surface area contributed by atoms with Gasteiger partial charge in [0.05, 0.1) is 17.0 Å². The van der Waals surface area contributed by atoms with Gasteiger partial charge in [-0.3, -0.25) is 9.59 Å². The van der Waals surface area contributed by atoms with E-state index in [-0.39, 0.29) is 6.42 Å². The second-order valence-corrected chi connectivity index (χ2v) is 10.1. The summed E-state index contributed by atoms with van der Waals surface area (Å²) in [6.45, 7) is 4.71. The lowest BCUT2D eigenvalue weighted by atomic mass is 10.0. The van der Waals surface area contributed by atoms with Crippen molar-refractivity contribution in [1.29, 1.82) is 0 Å². The molecule has 8 nitrogen and oxygen atoms in total. The molecule has 4 aromatic rings. The van der Waals surface area contributed by atoms with Gasteiger partial charge in [-0.2, -0.15) is 0 Å². The third-order valence-electron chi connectivity index (χ3n) is 6.82. The van der Waals surface area contributed by atoms with Gasteiger partial charge in [-0.05, 0) is 46.5 Å². The number of fused-ring (bicyclic) bond motifs is 2. The molecule has 0 aliphatic heterocycles. The normalized spacial score (nSPS) is 13.1. The first-order chi connectivity index (χ1) is 20.2. The monoisotopic (exact) mass is 570 g/mol. The van der Waals surface area contributed by atoms with E-state index >= 15 is 0 Å². The maximum atomic E-state index is 12.7. The summed E-state index contributed by atoms with van der Waals surface area (Å²) in [5, 5.41) is 3.33. The molecule has 0 saturated carbocycles. The molecule has 0 radical (unpaired) electrons. The third kappa shape index (κ3) is 7.94. The number of unbranched alkanes of at least 4 members (excludes halogenated alkanes) is 1. The van der Waals surface area contributed by atoms with Crippen molar-refractivity contribution >= 4 is 45.4 Å². The number of carbonyl (C=O) groups excluding carboxylic acids is 4. The smallest absolute Gasteiger partial charge is 0.341 e. The van der Waals surface area contributed by atoms with Crippen LogP contribution in [-0.4, -0.2) is 36.5 Å². The minimum absolute atomic E-state index is 0.108. The Morgan fingerprint density at radius 3 is 1.60 bits per heavy atom. The fraction of sp³-hybridized carbons (Fsp3) is 0.294. The Morgan fingerprint density at radius 1 is 0.571 bits per heavy atom. The highest BCUT2D eigenvalue weighted by atomic mass is 16.7. The summed E-state index contributed by atoms with van der Waals surface area (Å²) in [6, 6.07) is 25.6. The minimum Gasteiger partial charge on any atom is -0.425 e. The Kier molecular flexibility index (Phi) is 10.3. The molecule has 0 aliphatic carbocycles. The fourth-order valence-electron chi connectivity index (χ4n) is 4.64. The van der Waals surface area contributed by atoms with Gasteiger partial charge in [0.2, 0.25) is 12.6 Å². The Labute approximate surface area is 244 Å². The molecule has 0 N–H and O–H groups in total. The van der Waals surface area contributed by atoms with E-state index in [2.05, 4.69) is 0 Å². The summed E-state index contributed by atoms with van der Waals surface area (Å²) in [7, 11) is 0. The van der Waals surface area contributed by atoms with Crippen LogP contribution < -0.4 is 0 Å². The van der Waals surface area contributed by atoms with Gasteiger partial charge >= 0.3 is 23.9 Å². The molecule has 0 heterocycles. The van der Waals surface area contributed by atoms with Crippen LogP contribution in [0.1, 0.15) is 67.2 Å². The highest BCUT2D eigenvalue weighted by Crippen LogP contribution is 2.22. The molecular weight excluding hydrogens is 536 g/mol. The number of hydrogen-bond donors (Lipinski definition) is 0. The van der Waals surface area contributed by atoms with Gasteiger partial charge in [0.1, 0.15) is 0 Å². The molecule has 0 aliphatic rings. The number of rotatable bonds is 12. The number of ether oxygens (including phenoxy) is 4. The zero-order valence-corrected chi connectivity index (χ0v) is 23.9. The van der Waals surface area contributed by atoms with E-state index in [1.165, 1.54) is 13.8 Å². The summed E-state index contributed by atoms with van der Waals surface area (Å²) in [6.07, 6.45) is -0.472. The molecule has 4 aromatic carbocycles. The Hall–Kier alpha value is -4.72. The summed E-state index contributed by atoms with van der Waals surface area (Å²) in [4.78, 5) is 50.1. The summed E-state index contributed by atoms with van der Waals surface area (Å²) in [5.41, 5.74) is 0.795. The van der Waals surface area contributed by atoms with Gasteiger partial charge in [0, 0.05) is 20.3 Å². The van der Waals surface area contributed by atoms with E-state index in [0.29, 0.717) is 30.4 Å². The molecule has 0 fully saturated rings. The summed E-state index contributed by atoms with van der Waals surface area (Å²) in [5.74, 6) is -2.60. The van der Waals surface area contributed by atoms with Gasteiger partial charge in [-0.1, -0.05) is 86.1 Å². The molecule has 8 heteroatoms. The van der Waals surface area contributed by atoms with Crippen molar-refractivity contribution in [3.05, 3.63) is 96.1 Å². The second-order valence-electron chi connectivity index (χ2n) is 10.1. The molecule has 0 saturated heterocycles. The first-order valence-corrected chi connectivity index (χ1v) is 14.0. The molecule has 0 spiro atoms. The van der Waals surface area contributed by atoms with Crippen LogP contribution in [-0.2, 0) is 28.5 Å². The van der Waals surface area contributed by atoms with E-state index < -0.39 is 42.4 Å². The lowest BCUT2D eigenvalue weighted by Crippen LogP contribution is -2.25. The quantitative estimate of drug-likeness (QED) is 0.102. The van der Waals surface area contributed by atoms with Gasteiger partial charge in [-0.25, -0.2) is 9.59 Å². The second kappa shape index (κ2) is 14.3. The van der Waals surface area contributed by atoms with Gasteiger partial charge in [0.15, 0.2) is 0 Å². The number of esters is 4. The van der Waals surface area contributed by atoms with Crippen LogP contribution >= 0.6 is 0 Å². The summed E-state index contributed by atoms with van der Waals surface area (Å²) >= 11 is 0. The number of hydrogen-bond acceptors (Lipinski definition) is 8. The van der Waals surface area contributed by atoms with Gasteiger partial charge < -0.3 is 18.9 Å². The van der Waals surface area contributed by atoms with E-state index in [1.54, 1.807) is 31.2 Å². The minimum atomic E-state index is -1.06. The van der Waals surface area contributed by atoms with Crippen molar-refractivity contribution in [2.24, 2.45) is 5.92 Å². The van der Waals surface area contributed by atoms with Gasteiger partial charge in [-0.15, -0.1) is 0 Å². The van der Waals surface area contributed by atoms with Crippen LogP contribution in [0.15, 0.2) is 84.9 Å². The molecule has 3 unspecified atom stereocenters. The SMILES string of the molecule is CC(OC(=O)CCCCC(C)C(=O)OC(C)OC(=O)c1cccc2ccccc12)OC(=O)c1cccc2ccccc12. The zero-order valence-electron chi connectivity index (χ0n) is 23.9. The van der Waals surface area contributed by atoms with Gasteiger partial charge in [0.25, 0.3) is 0 Å². The van der Waals surface area contributed by atoms with Crippen molar-refractivity contribution in [2.75, 3.05) is 0 Å². The molecule has 0 aromatic heterocycles. The highest BCUT2D eigenvalue weighted by molar-refractivity contribution is 6.05. The molecule has 218 valence electrons. The first-order valence-electron chi connectivity index (χ1n) is 14.0.